The molecule has 2 aromatic heterocycles. The van der Waals surface area contributed by atoms with Crippen LogP contribution in [0.1, 0.15) is 29.1 Å². The molecule has 7 heteroatoms. The van der Waals surface area contributed by atoms with Gasteiger partial charge in [0.15, 0.2) is 0 Å². The van der Waals surface area contributed by atoms with Crippen LogP contribution in [0.2, 0.25) is 0 Å². The second-order valence-corrected chi connectivity index (χ2v) is 5.43. The van der Waals surface area contributed by atoms with Crippen LogP contribution in [-0.2, 0) is 0 Å². The topological polar surface area (TPSA) is 74.3 Å². The summed E-state index contributed by atoms with van der Waals surface area (Å²) in [6.45, 7) is 5.14. The minimum Gasteiger partial charge on any atom is -0.480 e. The predicted octanol–water partition coefficient (Wildman–Crippen LogP) is 1.33. The Labute approximate surface area is 135 Å². The highest BCUT2D eigenvalue weighted by Gasteiger charge is 2.32. The molecular formula is C16H21N5O2. The molecule has 1 aliphatic heterocycles. The van der Waals surface area contributed by atoms with Crippen LogP contribution in [-0.4, -0.2) is 63.9 Å². The standard InChI is InChI=1S/C16H21N5O2/c1-3-20-9-10-21(11-13(20)14-17-7-8-18-14)16(22)12-5-4-6-19-15(12)23-2/h4-8,13H,3,9-11H2,1-2H3,(H,17,18)/t13-/m0/s1. The van der Waals surface area contributed by atoms with Crippen molar-refractivity contribution < 1.29 is 9.53 Å². The molecule has 1 fully saturated rings. The Bertz CT molecular complexity index is 658. The van der Waals surface area contributed by atoms with Gasteiger partial charge in [0.05, 0.1) is 13.2 Å². The summed E-state index contributed by atoms with van der Waals surface area (Å²) in [6, 6.07) is 3.58. The van der Waals surface area contributed by atoms with Crippen molar-refractivity contribution in [1.82, 2.24) is 24.8 Å². The maximum atomic E-state index is 12.8. The molecule has 0 spiro atoms. The Morgan fingerprint density at radius 1 is 1.39 bits per heavy atom. The summed E-state index contributed by atoms with van der Waals surface area (Å²) in [5, 5.41) is 0. The summed E-state index contributed by atoms with van der Waals surface area (Å²) in [5.41, 5.74) is 0.498. The van der Waals surface area contributed by atoms with Crippen molar-refractivity contribution in [3.8, 4) is 5.88 Å². The summed E-state index contributed by atoms with van der Waals surface area (Å²) < 4.78 is 5.21. The van der Waals surface area contributed by atoms with Crippen LogP contribution in [0, 0.1) is 0 Å². The van der Waals surface area contributed by atoms with E-state index in [4.69, 9.17) is 4.74 Å². The molecule has 23 heavy (non-hydrogen) atoms. The Kier molecular flexibility index (Phi) is 4.57. The summed E-state index contributed by atoms with van der Waals surface area (Å²) in [4.78, 5) is 28.7. The number of H-pyrrole nitrogens is 1. The number of carbonyl (C=O) groups excluding carboxylic acids is 1. The van der Waals surface area contributed by atoms with Gasteiger partial charge in [0.25, 0.3) is 5.91 Å². The Morgan fingerprint density at radius 2 is 2.26 bits per heavy atom. The number of nitrogens with zero attached hydrogens (tertiary/aromatic N) is 4. The van der Waals surface area contributed by atoms with Crippen LogP contribution in [0.15, 0.2) is 30.7 Å². The third-order valence-corrected chi connectivity index (χ3v) is 4.21. The number of imidazole rings is 1. The first kappa shape index (κ1) is 15.5. The van der Waals surface area contributed by atoms with E-state index < -0.39 is 0 Å². The first-order valence-electron chi connectivity index (χ1n) is 7.76. The lowest BCUT2D eigenvalue weighted by Gasteiger charge is -2.40. The van der Waals surface area contributed by atoms with Crippen molar-refractivity contribution in [2.24, 2.45) is 0 Å². The van der Waals surface area contributed by atoms with Gasteiger partial charge in [0.2, 0.25) is 5.88 Å². The molecule has 3 rings (SSSR count). The van der Waals surface area contributed by atoms with Gasteiger partial charge in [-0.25, -0.2) is 9.97 Å². The van der Waals surface area contributed by atoms with Gasteiger partial charge in [-0.15, -0.1) is 0 Å². The van der Waals surface area contributed by atoms with Crippen molar-refractivity contribution in [3.63, 3.8) is 0 Å². The average Bonchev–Trinajstić information content (AvgIpc) is 3.15. The van der Waals surface area contributed by atoms with Gasteiger partial charge < -0.3 is 14.6 Å². The van der Waals surface area contributed by atoms with Gasteiger partial charge >= 0.3 is 0 Å². The fourth-order valence-corrected chi connectivity index (χ4v) is 2.99. The highest BCUT2D eigenvalue weighted by molar-refractivity contribution is 5.96. The highest BCUT2D eigenvalue weighted by atomic mass is 16.5. The number of piperazine rings is 1. The second-order valence-electron chi connectivity index (χ2n) is 5.43. The number of nitrogens with one attached hydrogen (secondary N) is 1. The van der Waals surface area contributed by atoms with E-state index in [2.05, 4.69) is 26.8 Å². The van der Waals surface area contributed by atoms with Crippen LogP contribution in [0.25, 0.3) is 0 Å². The highest BCUT2D eigenvalue weighted by Crippen LogP contribution is 2.25. The van der Waals surface area contributed by atoms with Crippen molar-refractivity contribution >= 4 is 5.91 Å². The number of carbonyl (C=O) groups is 1. The van der Waals surface area contributed by atoms with Crippen LogP contribution in [0.5, 0.6) is 5.88 Å². The van der Waals surface area contributed by atoms with E-state index in [1.165, 1.54) is 7.11 Å². The quantitative estimate of drug-likeness (QED) is 0.921. The van der Waals surface area contributed by atoms with Crippen molar-refractivity contribution in [1.29, 1.82) is 0 Å². The summed E-state index contributed by atoms with van der Waals surface area (Å²) >= 11 is 0. The molecular weight excluding hydrogens is 294 g/mol. The average molecular weight is 315 g/mol. The molecule has 2 aromatic rings. The lowest BCUT2D eigenvalue weighted by Crippen LogP contribution is -2.50. The number of aromatic nitrogens is 3. The lowest BCUT2D eigenvalue weighted by atomic mass is 10.1. The van der Waals surface area contributed by atoms with E-state index in [1.54, 1.807) is 24.5 Å². The van der Waals surface area contributed by atoms with Crippen molar-refractivity contribution in [2.75, 3.05) is 33.3 Å². The third-order valence-electron chi connectivity index (χ3n) is 4.21. The van der Waals surface area contributed by atoms with E-state index in [1.807, 2.05) is 11.1 Å². The molecule has 7 nitrogen and oxygen atoms in total. The first-order chi connectivity index (χ1) is 11.2. The predicted molar refractivity (Wildman–Crippen MR) is 85.3 cm³/mol. The fourth-order valence-electron chi connectivity index (χ4n) is 2.99. The molecule has 3 heterocycles. The molecule has 0 bridgehead atoms. The largest absolute Gasteiger partial charge is 0.480 e. The van der Waals surface area contributed by atoms with E-state index in [0.29, 0.717) is 24.5 Å². The van der Waals surface area contributed by atoms with Gasteiger partial charge in [-0.2, -0.15) is 0 Å². The Hall–Kier alpha value is -2.41. The molecule has 0 radical (unpaired) electrons. The van der Waals surface area contributed by atoms with Crippen LogP contribution < -0.4 is 4.74 Å². The first-order valence-corrected chi connectivity index (χ1v) is 7.76. The Balaban J connectivity index is 1.82. The number of hydrogen-bond donors (Lipinski definition) is 1. The zero-order chi connectivity index (χ0) is 16.2. The van der Waals surface area contributed by atoms with Gasteiger partial charge in [0, 0.05) is 38.2 Å². The molecule has 122 valence electrons. The fraction of sp³-hybridized carbons (Fsp3) is 0.438. The van der Waals surface area contributed by atoms with Crippen LogP contribution in [0.3, 0.4) is 0 Å². The maximum Gasteiger partial charge on any atom is 0.259 e. The number of rotatable bonds is 4. The number of pyridine rings is 1. The normalized spacial score (nSPS) is 18.9. The molecule has 1 saturated heterocycles. The molecule has 0 aliphatic carbocycles. The van der Waals surface area contributed by atoms with Gasteiger partial charge in [-0.05, 0) is 18.7 Å². The number of aromatic amines is 1. The summed E-state index contributed by atoms with van der Waals surface area (Å²) in [6.07, 6.45) is 5.18. The van der Waals surface area contributed by atoms with Gasteiger partial charge in [-0.1, -0.05) is 6.92 Å². The minimum atomic E-state index is -0.0535. The van der Waals surface area contributed by atoms with E-state index in [9.17, 15) is 4.79 Å². The van der Waals surface area contributed by atoms with Crippen LogP contribution >= 0.6 is 0 Å². The van der Waals surface area contributed by atoms with Gasteiger partial charge in [0.1, 0.15) is 11.4 Å². The number of amides is 1. The number of likely N-dealkylation sites (N-methyl/N-ethyl adjacent to an activating group) is 1. The van der Waals surface area contributed by atoms with Gasteiger partial charge in [-0.3, -0.25) is 9.69 Å². The monoisotopic (exact) mass is 315 g/mol. The second kappa shape index (κ2) is 6.78. The smallest absolute Gasteiger partial charge is 0.259 e. The SMILES string of the molecule is CCN1CCN(C(=O)c2cccnc2OC)C[C@H]1c1ncc[nH]1. The Morgan fingerprint density at radius 3 is 2.96 bits per heavy atom. The zero-order valence-electron chi connectivity index (χ0n) is 13.4. The van der Waals surface area contributed by atoms with Crippen molar-refractivity contribution in [2.45, 2.75) is 13.0 Å². The number of ether oxygens (including phenoxy) is 1. The van der Waals surface area contributed by atoms with Crippen molar-refractivity contribution in [3.05, 3.63) is 42.1 Å². The molecule has 0 saturated carbocycles. The number of hydrogen-bond acceptors (Lipinski definition) is 5. The molecule has 1 N–H and O–H groups in total. The lowest BCUT2D eigenvalue weighted by molar-refractivity contribution is 0.0476. The molecule has 1 amide bonds. The summed E-state index contributed by atoms with van der Waals surface area (Å²) in [5.74, 6) is 1.20. The molecule has 1 aliphatic rings. The minimum absolute atomic E-state index is 0.0535. The van der Waals surface area contributed by atoms with Crippen LogP contribution in [0.4, 0.5) is 0 Å². The zero-order valence-corrected chi connectivity index (χ0v) is 13.4. The summed E-state index contributed by atoms with van der Waals surface area (Å²) in [7, 11) is 1.53. The molecule has 1 atom stereocenters. The maximum absolute atomic E-state index is 12.8. The van der Waals surface area contributed by atoms with E-state index >= 15 is 0 Å². The third kappa shape index (κ3) is 3.05. The molecule has 0 aromatic carbocycles. The van der Waals surface area contributed by atoms with E-state index in [0.717, 1.165) is 18.9 Å². The molecule has 0 unspecified atom stereocenters. The number of methoxy groups -OCH3 is 1. The van der Waals surface area contributed by atoms with E-state index in [-0.39, 0.29) is 11.9 Å².